The van der Waals surface area contributed by atoms with Gasteiger partial charge in [-0.2, -0.15) is 0 Å². The molecule has 16 heavy (non-hydrogen) atoms. The summed E-state index contributed by atoms with van der Waals surface area (Å²) in [6, 6.07) is 8.52. The van der Waals surface area contributed by atoms with Gasteiger partial charge in [-0.1, -0.05) is 45.4 Å². The molecular formula is C14H24N2. The smallest absolute Gasteiger partial charge is 0.0363 e. The van der Waals surface area contributed by atoms with Crippen LogP contribution >= 0.6 is 0 Å². The van der Waals surface area contributed by atoms with E-state index in [1.165, 1.54) is 18.4 Å². The number of hydrogen-bond donors (Lipinski definition) is 2. The maximum Gasteiger partial charge on any atom is 0.0363 e. The highest BCUT2D eigenvalue weighted by Crippen LogP contribution is 2.26. The van der Waals surface area contributed by atoms with Crippen LogP contribution in [0.5, 0.6) is 0 Å². The zero-order chi connectivity index (χ0) is 12.0. The van der Waals surface area contributed by atoms with Gasteiger partial charge in [-0.3, -0.25) is 0 Å². The molecule has 1 aromatic carbocycles. The number of nitrogens with one attached hydrogen (secondary N) is 1. The first kappa shape index (κ1) is 13.0. The van der Waals surface area contributed by atoms with Crippen LogP contribution in [0.2, 0.25) is 0 Å². The number of anilines is 1. The van der Waals surface area contributed by atoms with Crippen molar-refractivity contribution in [1.29, 1.82) is 0 Å². The molecule has 0 heterocycles. The van der Waals surface area contributed by atoms with E-state index < -0.39 is 0 Å². The molecule has 3 N–H and O–H groups in total. The molecule has 0 saturated carbocycles. The molecule has 0 spiro atoms. The summed E-state index contributed by atoms with van der Waals surface area (Å²) in [7, 11) is 0. The van der Waals surface area contributed by atoms with Crippen molar-refractivity contribution in [2.75, 3.05) is 12.3 Å². The van der Waals surface area contributed by atoms with Crippen LogP contribution in [0.3, 0.4) is 0 Å². The largest absolute Gasteiger partial charge is 0.398 e. The molecule has 2 heteroatoms. The fourth-order valence-corrected chi connectivity index (χ4v) is 1.93. The molecule has 0 aromatic heterocycles. The summed E-state index contributed by atoms with van der Waals surface area (Å²) < 4.78 is 0. The average molecular weight is 220 g/mol. The molecule has 2 nitrogen and oxygen atoms in total. The average Bonchev–Trinajstić information content (AvgIpc) is 2.25. The van der Waals surface area contributed by atoms with Crippen LogP contribution < -0.4 is 11.1 Å². The molecule has 0 aliphatic rings. The quantitative estimate of drug-likeness (QED) is 0.570. The van der Waals surface area contributed by atoms with Crippen LogP contribution in [0.1, 0.15) is 45.2 Å². The second-order valence-electron chi connectivity index (χ2n) is 4.66. The first-order valence-corrected chi connectivity index (χ1v) is 6.24. The Morgan fingerprint density at radius 1 is 1.25 bits per heavy atom. The number of nitrogens with two attached hydrogens (primary N) is 1. The van der Waals surface area contributed by atoms with Crippen LogP contribution in [-0.2, 0) is 0 Å². The van der Waals surface area contributed by atoms with Crippen LogP contribution in [0.4, 0.5) is 5.69 Å². The summed E-state index contributed by atoms with van der Waals surface area (Å²) in [5.74, 6) is 0.557. The highest BCUT2D eigenvalue weighted by atomic mass is 14.9. The standard InChI is InChI=1S/C14H24N2/c1-4-5-10-16-14(11(2)3)12-8-6-7-9-13(12)15/h6-9,11,14,16H,4-5,10,15H2,1-3H3. The molecule has 0 aliphatic heterocycles. The minimum atomic E-state index is 0.368. The van der Waals surface area contributed by atoms with Gasteiger partial charge in [0.25, 0.3) is 0 Å². The van der Waals surface area contributed by atoms with Crippen molar-refractivity contribution in [3.05, 3.63) is 29.8 Å². The van der Waals surface area contributed by atoms with Gasteiger partial charge in [0.05, 0.1) is 0 Å². The molecule has 90 valence electrons. The normalized spacial score (nSPS) is 13.0. The zero-order valence-electron chi connectivity index (χ0n) is 10.7. The highest BCUT2D eigenvalue weighted by Gasteiger charge is 2.16. The Labute approximate surface area is 99.2 Å². The van der Waals surface area contributed by atoms with Crippen LogP contribution in [0.15, 0.2) is 24.3 Å². The first-order chi connectivity index (χ1) is 7.66. The summed E-state index contributed by atoms with van der Waals surface area (Å²) >= 11 is 0. The molecular weight excluding hydrogens is 196 g/mol. The molecule has 0 amide bonds. The predicted molar refractivity (Wildman–Crippen MR) is 71.3 cm³/mol. The molecule has 1 aromatic rings. The van der Waals surface area contributed by atoms with Crippen molar-refractivity contribution in [2.45, 2.75) is 39.7 Å². The summed E-state index contributed by atoms with van der Waals surface area (Å²) in [6.07, 6.45) is 2.44. The van der Waals surface area contributed by atoms with E-state index in [9.17, 15) is 0 Å². The maximum absolute atomic E-state index is 6.02. The van der Waals surface area contributed by atoms with Gasteiger partial charge in [-0.25, -0.2) is 0 Å². The van der Waals surface area contributed by atoms with Crippen LogP contribution in [0, 0.1) is 5.92 Å². The fraction of sp³-hybridized carbons (Fsp3) is 0.571. The Hall–Kier alpha value is -1.02. The lowest BCUT2D eigenvalue weighted by Crippen LogP contribution is -2.27. The van der Waals surface area contributed by atoms with Crippen LogP contribution in [-0.4, -0.2) is 6.54 Å². The van der Waals surface area contributed by atoms with Gasteiger partial charge < -0.3 is 11.1 Å². The molecule has 1 rings (SSSR count). The minimum absolute atomic E-state index is 0.368. The molecule has 1 atom stereocenters. The molecule has 0 fully saturated rings. The molecule has 0 saturated heterocycles. The number of nitrogen functional groups attached to an aromatic ring is 1. The van der Waals surface area contributed by atoms with E-state index in [0.29, 0.717) is 12.0 Å². The van der Waals surface area contributed by atoms with Crippen molar-refractivity contribution in [3.63, 3.8) is 0 Å². The van der Waals surface area contributed by atoms with Gasteiger partial charge in [-0.05, 0) is 30.5 Å². The molecule has 0 radical (unpaired) electrons. The number of benzene rings is 1. The van der Waals surface area contributed by atoms with E-state index in [4.69, 9.17) is 5.73 Å². The lowest BCUT2D eigenvalue weighted by molar-refractivity contribution is 0.409. The molecule has 0 bridgehead atoms. The van der Waals surface area contributed by atoms with E-state index in [-0.39, 0.29) is 0 Å². The predicted octanol–water partition coefficient (Wildman–Crippen LogP) is 3.36. The second-order valence-corrected chi connectivity index (χ2v) is 4.66. The van der Waals surface area contributed by atoms with E-state index in [1.54, 1.807) is 0 Å². The third-order valence-corrected chi connectivity index (χ3v) is 2.89. The SMILES string of the molecule is CCCCNC(c1ccccc1N)C(C)C. The van der Waals surface area contributed by atoms with Crippen molar-refractivity contribution in [2.24, 2.45) is 5.92 Å². The maximum atomic E-state index is 6.02. The Bertz CT molecular complexity index is 307. The lowest BCUT2D eigenvalue weighted by Gasteiger charge is -2.24. The highest BCUT2D eigenvalue weighted by molar-refractivity contribution is 5.48. The topological polar surface area (TPSA) is 38.0 Å². The summed E-state index contributed by atoms with van der Waals surface area (Å²) in [5, 5.41) is 3.60. The van der Waals surface area contributed by atoms with Crippen molar-refractivity contribution in [3.8, 4) is 0 Å². The number of hydrogen-bond acceptors (Lipinski definition) is 2. The Balaban J connectivity index is 2.74. The third-order valence-electron chi connectivity index (χ3n) is 2.89. The Morgan fingerprint density at radius 3 is 2.50 bits per heavy atom. The van der Waals surface area contributed by atoms with Gasteiger partial charge in [0, 0.05) is 11.7 Å². The van der Waals surface area contributed by atoms with Crippen molar-refractivity contribution in [1.82, 2.24) is 5.32 Å². The lowest BCUT2D eigenvalue weighted by atomic mass is 9.94. The molecule has 0 aliphatic carbocycles. The summed E-state index contributed by atoms with van der Waals surface area (Å²) in [4.78, 5) is 0. The van der Waals surface area contributed by atoms with E-state index in [1.807, 2.05) is 12.1 Å². The number of para-hydroxylation sites is 1. The third kappa shape index (κ3) is 3.53. The van der Waals surface area contributed by atoms with E-state index in [2.05, 4.69) is 38.2 Å². The van der Waals surface area contributed by atoms with Gasteiger partial charge in [0.15, 0.2) is 0 Å². The van der Waals surface area contributed by atoms with Gasteiger partial charge in [0.1, 0.15) is 0 Å². The van der Waals surface area contributed by atoms with Gasteiger partial charge in [-0.15, -0.1) is 0 Å². The monoisotopic (exact) mass is 220 g/mol. The van der Waals surface area contributed by atoms with Crippen molar-refractivity contribution < 1.29 is 0 Å². The molecule has 1 unspecified atom stereocenters. The van der Waals surface area contributed by atoms with Gasteiger partial charge in [0.2, 0.25) is 0 Å². The minimum Gasteiger partial charge on any atom is -0.398 e. The number of unbranched alkanes of at least 4 members (excludes halogenated alkanes) is 1. The zero-order valence-corrected chi connectivity index (χ0v) is 10.7. The Morgan fingerprint density at radius 2 is 1.94 bits per heavy atom. The Kier molecular flexibility index (Phi) is 5.33. The fourth-order valence-electron chi connectivity index (χ4n) is 1.93. The van der Waals surface area contributed by atoms with E-state index in [0.717, 1.165) is 12.2 Å². The second kappa shape index (κ2) is 6.54. The first-order valence-electron chi connectivity index (χ1n) is 6.24. The number of rotatable bonds is 6. The summed E-state index contributed by atoms with van der Waals surface area (Å²) in [5.41, 5.74) is 8.15. The van der Waals surface area contributed by atoms with Crippen LogP contribution in [0.25, 0.3) is 0 Å². The van der Waals surface area contributed by atoms with Gasteiger partial charge >= 0.3 is 0 Å². The van der Waals surface area contributed by atoms with E-state index >= 15 is 0 Å². The summed E-state index contributed by atoms with van der Waals surface area (Å²) in [6.45, 7) is 7.74. The van der Waals surface area contributed by atoms with Crippen molar-refractivity contribution >= 4 is 5.69 Å².